The van der Waals surface area contributed by atoms with Crippen molar-refractivity contribution in [2.75, 3.05) is 25.4 Å². The maximum Gasteiger partial charge on any atom is 0.283 e. The quantitative estimate of drug-likeness (QED) is 0.418. The second-order valence-corrected chi connectivity index (χ2v) is 6.07. The molecule has 2 amide bonds. The number of nitrogens with zero attached hydrogens (tertiary/aromatic N) is 2. The molecule has 0 saturated carbocycles. The molecule has 8 heteroatoms. The van der Waals surface area contributed by atoms with E-state index in [4.69, 9.17) is 0 Å². The van der Waals surface area contributed by atoms with E-state index in [0.29, 0.717) is 24.5 Å². The number of benzene rings is 1. The second-order valence-electron chi connectivity index (χ2n) is 5.05. The fourth-order valence-electron chi connectivity index (χ4n) is 2.07. The maximum absolute atomic E-state index is 12.0. The maximum atomic E-state index is 12.0. The standard InChI is InChI=1S/C16H23N3O4S/c1-4-9-17-16(21)12-7-8-14(13(10-12)19(22)23)24-11-15(20)18(5-2)6-3/h7-8,10H,4-6,9,11H2,1-3H3,(H,17,21). The van der Waals surface area contributed by atoms with Crippen molar-refractivity contribution in [2.45, 2.75) is 32.1 Å². The zero-order chi connectivity index (χ0) is 18.1. The Hall–Kier alpha value is -2.09. The Morgan fingerprint density at radius 1 is 1.25 bits per heavy atom. The SMILES string of the molecule is CCCNC(=O)c1ccc(SCC(=O)N(CC)CC)c([N+](=O)[O-])c1. The lowest BCUT2D eigenvalue weighted by Gasteiger charge is -2.18. The van der Waals surface area contributed by atoms with Gasteiger partial charge in [0, 0.05) is 31.3 Å². The molecule has 0 aliphatic carbocycles. The summed E-state index contributed by atoms with van der Waals surface area (Å²) in [5.74, 6) is -0.274. The van der Waals surface area contributed by atoms with Crippen LogP contribution >= 0.6 is 11.8 Å². The van der Waals surface area contributed by atoms with Gasteiger partial charge in [0.15, 0.2) is 0 Å². The van der Waals surface area contributed by atoms with Crippen LogP contribution in [0.2, 0.25) is 0 Å². The molecule has 0 saturated heterocycles. The molecule has 0 fully saturated rings. The Labute approximate surface area is 145 Å². The van der Waals surface area contributed by atoms with Crippen molar-refractivity contribution < 1.29 is 14.5 Å². The molecule has 0 aromatic heterocycles. The van der Waals surface area contributed by atoms with Gasteiger partial charge in [0.05, 0.1) is 15.6 Å². The van der Waals surface area contributed by atoms with Gasteiger partial charge in [-0.2, -0.15) is 0 Å². The third kappa shape index (κ3) is 5.52. The molecule has 0 aliphatic heterocycles. The van der Waals surface area contributed by atoms with Gasteiger partial charge in [-0.05, 0) is 32.4 Å². The van der Waals surface area contributed by atoms with Crippen molar-refractivity contribution in [2.24, 2.45) is 0 Å². The first-order valence-electron chi connectivity index (χ1n) is 7.91. The summed E-state index contributed by atoms with van der Waals surface area (Å²) in [6, 6.07) is 4.33. The van der Waals surface area contributed by atoms with Gasteiger partial charge in [-0.1, -0.05) is 6.92 Å². The number of hydrogen-bond donors (Lipinski definition) is 1. The minimum atomic E-state index is -0.527. The fraction of sp³-hybridized carbons (Fsp3) is 0.500. The zero-order valence-corrected chi connectivity index (χ0v) is 15.0. The Bertz CT molecular complexity index is 603. The summed E-state index contributed by atoms with van der Waals surface area (Å²) in [6.07, 6.45) is 0.787. The van der Waals surface area contributed by atoms with Crippen LogP contribution in [0.1, 0.15) is 37.6 Å². The molecule has 24 heavy (non-hydrogen) atoms. The van der Waals surface area contributed by atoms with Gasteiger partial charge in [-0.3, -0.25) is 19.7 Å². The van der Waals surface area contributed by atoms with Crippen LogP contribution in [0.15, 0.2) is 23.1 Å². The van der Waals surface area contributed by atoms with E-state index < -0.39 is 4.92 Å². The Balaban J connectivity index is 2.90. The third-order valence-electron chi connectivity index (χ3n) is 3.42. The first kappa shape index (κ1) is 20.0. The van der Waals surface area contributed by atoms with Crippen LogP contribution in [0.3, 0.4) is 0 Å². The number of carbonyl (C=O) groups excluding carboxylic acids is 2. The number of hydrogen-bond acceptors (Lipinski definition) is 5. The molecular formula is C16H23N3O4S. The van der Waals surface area contributed by atoms with Crippen LogP contribution in [-0.2, 0) is 4.79 Å². The summed E-state index contributed by atoms with van der Waals surface area (Å²) in [5, 5.41) is 14.0. The predicted octanol–water partition coefficient (Wildman–Crippen LogP) is 2.70. The number of nitro groups is 1. The fourth-order valence-corrected chi connectivity index (χ4v) is 2.98. The van der Waals surface area contributed by atoms with Crippen LogP contribution in [-0.4, -0.2) is 47.0 Å². The molecule has 0 spiro atoms. The molecule has 1 N–H and O–H groups in total. The van der Waals surface area contributed by atoms with E-state index in [1.165, 1.54) is 12.1 Å². The molecule has 1 aromatic rings. The number of amides is 2. The van der Waals surface area contributed by atoms with E-state index >= 15 is 0 Å². The van der Waals surface area contributed by atoms with E-state index in [1.807, 2.05) is 20.8 Å². The van der Waals surface area contributed by atoms with Crippen molar-refractivity contribution in [3.05, 3.63) is 33.9 Å². The highest BCUT2D eigenvalue weighted by Crippen LogP contribution is 2.30. The summed E-state index contributed by atoms with van der Waals surface area (Å²) >= 11 is 1.12. The van der Waals surface area contributed by atoms with Gasteiger partial charge in [-0.15, -0.1) is 11.8 Å². The third-order valence-corrected chi connectivity index (χ3v) is 4.47. The highest BCUT2D eigenvalue weighted by Gasteiger charge is 2.19. The summed E-state index contributed by atoms with van der Waals surface area (Å²) in [7, 11) is 0. The minimum absolute atomic E-state index is 0.0657. The molecule has 0 atom stereocenters. The van der Waals surface area contributed by atoms with Crippen molar-refractivity contribution in [3.8, 4) is 0 Å². The summed E-state index contributed by atoms with van der Waals surface area (Å²) < 4.78 is 0. The molecular weight excluding hydrogens is 330 g/mol. The van der Waals surface area contributed by atoms with Crippen molar-refractivity contribution >= 4 is 29.3 Å². The van der Waals surface area contributed by atoms with E-state index in [-0.39, 0.29) is 28.8 Å². The largest absolute Gasteiger partial charge is 0.352 e. The first-order valence-corrected chi connectivity index (χ1v) is 8.90. The summed E-state index contributed by atoms with van der Waals surface area (Å²) in [6.45, 7) is 7.43. The van der Waals surface area contributed by atoms with Crippen LogP contribution in [0, 0.1) is 10.1 Å². The highest BCUT2D eigenvalue weighted by atomic mass is 32.2. The van der Waals surface area contributed by atoms with Gasteiger partial charge in [0.25, 0.3) is 11.6 Å². The number of carbonyl (C=O) groups is 2. The molecule has 132 valence electrons. The molecule has 0 aliphatic rings. The predicted molar refractivity (Wildman–Crippen MR) is 94.4 cm³/mol. The van der Waals surface area contributed by atoms with Crippen molar-refractivity contribution in [1.29, 1.82) is 0 Å². The highest BCUT2D eigenvalue weighted by molar-refractivity contribution is 8.00. The topological polar surface area (TPSA) is 92.6 Å². The number of nitrogens with one attached hydrogen (secondary N) is 1. The average molecular weight is 353 g/mol. The van der Waals surface area contributed by atoms with Crippen LogP contribution in [0.5, 0.6) is 0 Å². The Morgan fingerprint density at radius 3 is 2.46 bits per heavy atom. The van der Waals surface area contributed by atoms with Gasteiger partial charge in [0.2, 0.25) is 5.91 Å². The lowest BCUT2D eigenvalue weighted by Crippen LogP contribution is -2.31. The van der Waals surface area contributed by atoms with Gasteiger partial charge in [-0.25, -0.2) is 0 Å². The number of nitro benzene ring substituents is 1. The van der Waals surface area contributed by atoms with Crippen LogP contribution in [0.25, 0.3) is 0 Å². The normalized spacial score (nSPS) is 10.3. The molecule has 0 radical (unpaired) electrons. The van der Waals surface area contributed by atoms with Gasteiger partial charge >= 0.3 is 0 Å². The van der Waals surface area contributed by atoms with E-state index in [1.54, 1.807) is 11.0 Å². The summed E-state index contributed by atoms with van der Waals surface area (Å²) in [4.78, 5) is 36.7. The van der Waals surface area contributed by atoms with E-state index in [9.17, 15) is 19.7 Å². The van der Waals surface area contributed by atoms with Crippen LogP contribution in [0.4, 0.5) is 5.69 Å². The molecule has 1 rings (SSSR count). The van der Waals surface area contributed by atoms with E-state index in [2.05, 4.69) is 5.32 Å². The monoisotopic (exact) mass is 353 g/mol. The minimum Gasteiger partial charge on any atom is -0.352 e. The van der Waals surface area contributed by atoms with Crippen molar-refractivity contribution in [1.82, 2.24) is 10.2 Å². The molecule has 1 aromatic carbocycles. The molecule has 0 bridgehead atoms. The Kier molecular flexibility index (Phi) is 8.25. The second kappa shape index (κ2) is 9.92. The van der Waals surface area contributed by atoms with Gasteiger partial charge in [0.1, 0.15) is 0 Å². The zero-order valence-electron chi connectivity index (χ0n) is 14.2. The lowest BCUT2D eigenvalue weighted by molar-refractivity contribution is -0.387. The lowest BCUT2D eigenvalue weighted by atomic mass is 10.2. The molecule has 7 nitrogen and oxygen atoms in total. The first-order chi connectivity index (χ1) is 11.4. The molecule has 0 heterocycles. The van der Waals surface area contributed by atoms with Gasteiger partial charge < -0.3 is 10.2 Å². The van der Waals surface area contributed by atoms with Crippen LogP contribution < -0.4 is 5.32 Å². The Morgan fingerprint density at radius 2 is 1.92 bits per heavy atom. The number of thioether (sulfide) groups is 1. The average Bonchev–Trinajstić information content (AvgIpc) is 2.58. The summed E-state index contributed by atoms with van der Waals surface area (Å²) in [5.41, 5.74) is 0.0889. The number of rotatable bonds is 9. The van der Waals surface area contributed by atoms with Crippen molar-refractivity contribution in [3.63, 3.8) is 0 Å². The van der Waals surface area contributed by atoms with E-state index in [0.717, 1.165) is 18.2 Å². The smallest absolute Gasteiger partial charge is 0.283 e. The molecule has 0 unspecified atom stereocenters.